The van der Waals surface area contributed by atoms with Gasteiger partial charge in [-0.1, -0.05) is 19.4 Å². The van der Waals surface area contributed by atoms with Gasteiger partial charge in [-0.15, -0.1) is 6.58 Å². The molecule has 0 spiro atoms. The van der Waals surface area contributed by atoms with Gasteiger partial charge in [-0.2, -0.15) is 0 Å². The molecule has 1 rings (SSSR count). The van der Waals surface area contributed by atoms with Crippen molar-refractivity contribution in [3.05, 3.63) is 12.7 Å². The molecule has 0 aromatic carbocycles. The Labute approximate surface area is 107 Å². The Morgan fingerprint density at radius 2 is 2.18 bits per heavy atom. The van der Waals surface area contributed by atoms with Crippen LogP contribution in [-0.4, -0.2) is 37.1 Å². The summed E-state index contributed by atoms with van der Waals surface area (Å²) >= 11 is 0. The summed E-state index contributed by atoms with van der Waals surface area (Å²) in [5.41, 5.74) is 0. The summed E-state index contributed by atoms with van der Waals surface area (Å²) in [7, 11) is 0. The monoisotopic (exact) mass is 238 g/mol. The zero-order chi connectivity index (χ0) is 12.3. The highest BCUT2D eigenvalue weighted by molar-refractivity contribution is 4.78. The van der Waals surface area contributed by atoms with Crippen molar-refractivity contribution in [2.45, 2.75) is 57.9 Å². The van der Waals surface area contributed by atoms with Gasteiger partial charge in [0.2, 0.25) is 0 Å². The first-order chi connectivity index (χ1) is 8.38. The lowest BCUT2D eigenvalue weighted by Gasteiger charge is -2.34. The van der Waals surface area contributed by atoms with E-state index in [2.05, 4.69) is 23.7 Å². The summed E-state index contributed by atoms with van der Waals surface area (Å²) in [5.74, 6) is 0. The van der Waals surface area contributed by atoms with Gasteiger partial charge in [0, 0.05) is 12.6 Å². The fraction of sp³-hybridized carbons (Fsp3) is 0.867. The maximum atomic E-state index is 3.78. The molecule has 0 radical (unpaired) electrons. The highest BCUT2D eigenvalue weighted by Crippen LogP contribution is 2.12. The molecule has 1 heterocycles. The number of nitrogens with one attached hydrogen (secondary N) is 1. The van der Waals surface area contributed by atoms with E-state index >= 15 is 0 Å². The van der Waals surface area contributed by atoms with E-state index in [1.54, 1.807) is 0 Å². The van der Waals surface area contributed by atoms with Crippen molar-refractivity contribution in [3.63, 3.8) is 0 Å². The molecule has 100 valence electrons. The number of hydrogen-bond donors (Lipinski definition) is 1. The molecule has 1 unspecified atom stereocenters. The first kappa shape index (κ1) is 14.7. The summed E-state index contributed by atoms with van der Waals surface area (Å²) < 4.78 is 0. The summed E-state index contributed by atoms with van der Waals surface area (Å²) in [5, 5.41) is 3.53. The first-order valence-electron chi connectivity index (χ1n) is 7.44. The van der Waals surface area contributed by atoms with Crippen molar-refractivity contribution in [1.82, 2.24) is 10.2 Å². The highest BCUT2D eigenvalue weighted by atomic mass is 15.2. The third-order valence-corrected chi connectivity index (χ3v) is 3.65. The molecular weight excluding hydrogens is 208 g/mol. The van der Waals surface area contributed by atoms with E-state index in [1.165, 1.54) is 71.1 Å². The second-order valence-corrected chi connectivity index (χ2v) is 5.17. The second kappa shape index (κ2) is 9.67. The van der Waals surface area contributed by atoms with E-state index in [0.29, 0.717) is 0 Å². The van der Waals surface area contributed by atoms with Crippen LogP contribution in [0.1, 0.15) is 51.9 Å². The molecule has 1 N–H and O–H groups in total. The van der Waals surface area contributed by atoms with Crippen LogP contribution in [0.4, 0.5) is 0 Å². The molecule has 2 heteroatoms. The Kier molecular flexibility index (Phi) is 8.37. The topological polar surface area (TPSA) is 15.3 Å². The Bertz CT molecular complexity index is 185. The van der Waals surface area contributed by atoms with E-state index in [4.69, 9.17) is 0 Å². The van der Waals surface area contributed by atoms with Gasteiger partial charge in [0.1, 0.15) is 0 Å². The molecule has 1 saturated heterocycles. The predicted octanol–water partition coefficient (Wildman–Crippen LogP) is 3.20. The summed E-state index contributed by atoms with van der Waals surface area (Å²) in [6.07, 6.45) is 11.3. The molecule has 2 nitrogen and oxygen atoms in total. The lowest BCUT2D eigenvalue weighted by molar-refractivity contribution is 0.163. The maximum absolute atomic E-state index is 3.78. The van der Waals surface area contributed by atoms with Crippen LogP contribution < -0.4 is 5.32 Å². The Balaban J connectivity index is 2.19. The molecule has 1 fully saturated rings. The van der Waals surface area contributed by atoms with Gasteiger partial charge < -0.3 is 5.32 Å². The predicted molar refractivity (Wildman–Crippen MR) is 76.4 cm³/mol. The average Bonchev–Trinajstić information content (AvgIpc) is 2.38. The minimum atomic E-state index is 0.795. The molecule has 0 aliphatic carbocycles. The van der Waals surface area contributed by atoms with Crippen LogP contribution in [0, 0.1) is 0 Å². The number of piperidine rings is 1. The number of nitrogens with zero attached hydrogens (tertiary/aromatic N) is 1. The van der Waals surface area contributed by atoms with Gasteiger partial charge in [0.15, 0.2) is 0 Å². The molecule has 0 aromatic heterocycles. The van der Waals surface area contributed by atoms with Gasteiger partial charge >= 0.3 is 0 Å². The standard InChI is InChI=1S/C15H30N2/c1-3-5-6-7-8-13-17(12-4-2)15-10-9-11-16-14-15/h3,15-16H,1,4-14H2,2H3. The van der Waals surface area contributed by atoms with Gasteiger partial charge in [0.05, 0.1) is 0 Å². The van der Waals surface area contributed by atoms with Crippen LogP contribution in [0.2, 0.25) is 0 Å². The molecule has 0 saturated carbocycles. The van der Waals surface area contributed by atoms with E-state index in [1.807, 2.05) is 6.08 Å². The summed E-state index contributed by atoms with van der Waals surface area (Å²) in [6, 6.07) is 0.795. The van der Waals surface area contributed by atoms with E-state index in [9.17, 15) is 0 Å². The number of rotatable bonds is 9. The van der Waals surface area contributed by atoms with Gasteiger partial charge in [-0.05, 0) is 58.2 Å². The smallest absolute Gasteiger partial charge is 0.0221 e. The number of unbranched alkanes of at least 4 members (excludes halogenated alkanes) is 3. The molecule has 1 aliphatic rings. The minimum absolute atomic E-state index is 0.795. The maximum Gasteiger partial charge on any atom is 0.0221 e. The van der Waals surface area contributed by atoms with Crippen molar-refractivity contribution < 1.29 is 0 Å². The van der Waals surface area contributed by atoms with Crippen molar-refractivity contribution >= 4 is 0 Å². The fourth-order valence-corrected chi connectivity index (χ4v) is 2.69. The highest BCUT2D eigenvalue weighted by Gasteiger charge is 2.19. The van der Waals surface area contributed by atoms with Crippen LogP contribution >= 0.6 is 0 Å². The lowest BCUT2D eigenvalue weighted by atomic mass is 10.0. The Morgan fingerprint density at radius 3 is 2.82 bits per heavy atom. The Morgan fingerprint density at radius 1 is 1.29 bits per heavy atom. The second-order valence-electron chi connectivity index (χ2n) is 5.17. The lowest BCUT2D eigenvalue weighted by Crippen LogP contribution is -2.46. The van der Waals surface area contributed by atoms with Crippen molar-refractivity contribution in [2.24, 2.45) is 0 Å². The van der Waals surface area contributed by atoms with Gasteiger partial charge in [0.25, 0.3) is 0 Å². The first-order valence-corrected chi connectivity index (χ1v) is 7.44. The molecule has 0 amide bonds. The minimum Gasteiger partial charge on any atom is -0.315 e. The number of hydrogen-bond acceptors (Lipinski definition) is 2. The third kappa shape index (κ3) is 6.23. The van der Waals surface area contributed by atoms with Crippen LogP contribution in [0.15, 0.2) is 12.7 Å². The molecule has 17 heavy (non-hydrogen) atoms. The van der Waals surface area contributed by atoms with Crippen molar-refractivity contribution in [3.8, 4) is 0 Å². The SMILES string of the molecule is C=CCCCCCN(CCC)C1CCCNC1. The summed E-state index contributed by atoms with van der Waals surface area (Å²) in [4.78, 5) is 2.71. The zero-order valence-corrected chi connectivity index (χ0v) is 11.6. The normalized spacial score (nSPS) is 20.7. The van der Waals surface area contributed by atoms with Gasteiger partial charge in [-0.3, -0.25) is 4.90 Å². The molecule has 1 atom stereocenters. The van der Waals surface area contributed by atoms with Crippen molar-refractivity contribution in [1.29, 1.82) is 0 Å². The zero-order valence-electron chi connectivity index (χ0n) is 11.6. The summed E-state index contributed by atoms with van der Waals surface area (Å²) in [6.45, 7) is 11.1. The molecule has 0 aromatic rings. The van der Waals surface area contributed by atoms with Crippen molar-refractivity contribution in [2.75, 3.05) is 26.2 Å². The van der Waals surface area contributed by atoms with E-state index in [-0.39, 0.29) is 0 Å². The average molecular weight is 238 g/mol. The van der Waals surface area contributed by atoms with E-state index < -0.39 is 0 Å². The van der Waals surface area contributed by atoms with Crippen LogP contribution in [0.5, 0.6) is 0 Å². The fourth-order valence-electron chi connectivity index (χ4n) is 2.69. The van der Waals surface area contributed by atoms with Crippen LogP contribution in [0.25, 0.3) is 0 Å². The molecular formula is C15H30N2. The van der Waals surface area contributed by atoms with Crippen LogP contribution in [0.3, 0.4) is 0 Å². The largest absolute Gasteiger partial charge is 0.315 e. The van der Waals surface area contributed by atoms with Crippen LogP contribution in [-0.2, 0) is 0 Å². The van der Waals surface area contributed by atoms with Gasteiger partial charge in [-0.25, -0.2) is 0 Å². The van der Waals surface area contributed by atoms with E-state index in [0.717, 1.165) is 6.04 Å². The number of allylic oxidation sites excluding steroid dienone is 1. The molecule has 1 aliphatic heterocycles. The molecule has 0 bridgehead atoms. The third-order valence-electron chi connectivity index (χ3n) is 3.65. The Hall–Kier alpha value is -0.340. The quantitative estimate of drug-likeness (QED) is 0.490.